The van der Waals surface area contributed by atoms with Gasteiger partial charge >= 0.3 is 0 Å². The fraction of sp³-hybridized carbons (Fsp3) is 0.154. The van der Waals surface area contributed by atoms with E-state index in [0.717, 1.165) is 17.3 Å². The maximum atomic E-state index is 13.6. The molecule has 0 fully saturated rings. The second kappa shape index (κ2) is 4.82. The van der Waals surface area contributed by atoms with Crippen LogP contribution in [-0.2, 0) is 0 Å². The summed E-state index contributed by atoms with van der Waals surface area (Å²) in [6.07, 6.45) is 2.69. The minimum absolute atomic E-state index is 0.403. The zero-order valence-electron chi connectivity index (χ0n) is 9.32. The lowest BCUT2D eigenvalue weighted by atomic mass is 9.96. The molecule has 0 saturated heterocycles. The Labute approximate surface area is 104 Å². The molecule has 2 N–H and O–H groups in total. The van der Waals surface area contributed by atoms with E-state index >= 15 is 0 Å². The van der Waals surface area contributed by atoms with Crippen LogP contribution in [0.4, 0.5) is 4.39 Å². The fourth-order valence-corrected chi connectivity index (χ4v) is 1.95. The predicted molar refractivity (Wildman–Crippen MR) is 66.4 cm³/mol. The van der Waals surface area contributed by atoms with Crippen LogP contribution in [0.3, 0.4) is 0 Å². The zero-order chi connectivity index (χ0) is 12.4. The summed E-state index contributed by atoms with van der Waals surface area (Å²) in [6, 6.07) is 6.50. The summed E-state index contributed by atoms with van der Waals surface area (Å²) in [6.45, 7) is 1.87. The smallest absolute Gasteiger partial charge is 0.146 e. The number of benzene rings is 1. The van der Waals surface area contributed by atoms with Crippen LogP contribution in [0.5, 0.6) is 0 Å². The van der Waals surface area contributed by atoms with E-state index in [9.17, 15) is 4.39 Å². The van der Waals surface area contributed by atoms with Crippen molar-refractivity contribution in [1.82, 2.24) is 4.98 Å². The number of nitrogens with two attached hydrogens (primary N) is 1. The molecule has 0 aliphatic heterocycles. The number of rotatable bonds is 2. The minimum Gasteiger partial charge on any atom is -0.320 e. The van der Waals surface area contributed by atoms with E-state index in [-0.39, 0.29) is 0 Å². The molecule has 0 saturated carbocycles. The van der Waals surface area contributed by atoms with Gasteiger partial charge in [0, 0.05) is 16.8 Å². The van der Waals surface area contributed by atoms with Gasteiger partial charge in [0.05, 0.1) is 12.2 Å². The molecule has 1 aromatic heterocycles. The Morgan fingerprint density at radius 2 is 2.06 bits per heavy atom. The number of aromatic nitrogens is 1. The van der Waals surface area contributed by atoms with Crippen LogP contribution in [0.2, 0.25) is 5.02 Å². The Morgan fingerprint density at radius 1 is 1.29 bits per heavy atom. The van der Waals surface area contributed by atoms with Crippen LogP contribution < -0.4 is 5.73 Å². The van der Waals surface area contributed by atoms with Gasteiger partial charge in [-0.1, -0.05) is 23.7 Å². The Morgan fingerprint density at radius 3 is 2.76 bits per heavy atom. The first-order valence-corrected chi connectivity index (χ1v) is 5.59. The van der Waals surface area contributed by atoms with Gasteiger partial charge in [-0.25, -0.2) is 4.39 Å². The molecule has 1 unspecified atom stereocenters. The van der Waals surface area contributed by atoms with Crippen LogP contribution in [-0.4, -0.2) is 4.98 Å². The van der Waals surface area contributed by atoms with Gasteiger partial charge in [-0.05, 0) is 30.2 Å². The van der Waals surface area contributed by atoms with Crippen molar-refractivity contribution in [1.29, 1.82) is 0 Å². The van der Waals surface area contributed by atoms with Gasteiger partial charge < -0.3 is 5.73 Å². The molecule has 1 atom stereocenters. The van der Waals surface area contributed by atoms with Crippen LogP contribution in [0.25, 0.3) is 0 Å². The third-order valence-electron chi connectivity index (χ3n) is 2.78. The Kier molecular flexibility index (Phi) is 3.41. The molecule has 2 aromatic rings. The van der Waals surface area contributed by atoms with Crippen LogP contribution in [0.1, 0.15) is 22.7 Å². The van der Waals surface area contributed by atoms with Crippen molar-refractivity contribution in [3.63, 3.8) is 0 Å². The average Bonchev–Trinajstić information content (AvgIpc) is 2.32. The van der Waals surface area contributed by atoms with E-state index in [1.54, 1.807) is 12.1 Å². The second-order valence-electron chi connectivity index (χ2n) is 3.83. The van der Waals surface area contributed by atoms with E-state index in [1.807, 2.05) is 19.1 Å². The highest BCUT2D eigenvalue weighted by Gasteiger charge is 2.16. The topological polar surface area (TPSA) is 38.9 Å². The van der Waals surface area contributed by atoms with E-state index in [2.05, 4.69) is 4.98 Å². The molecule has 0 radical (unpaired) electrons. The molecule has 4 heteroatoms. The Hall–Kier alpha value is -1.45. The Bertz CT molecular complexity index is 543. The molecule has 0 aliphatic carbocycles. The van der Waals surface area contributed by atoms with Crippen LogP contribution >= 0.6 is 11.6 Å². The molecule has 88 valence electrons. The number of hydrogen-bond donors (Lipinski definition) is 1. The number of nitrogens with zero attached hydrogens (tertiary/aromatic N) is 1. The molecule has 0 amide bonds. The standard InChI is InChI=1S/C13H12ClFN2/c1-8-9(3-2-4-11(8)14)13(16)10-5-6-17-7-12(10)15/h2-7,13H,16H2,1H3. The summed E-state index contributed by atoms with van der Waals surface area (Å²) in [5, 5.41) is 0.632. The van der Waals surface area contributed by atoms with Gasteiger partial charge in [-0.3, -0.25) is 4.98 Å². The lowest BCUT2D eigenvalue weighted by molar-refractivity contribution is 0.593. The highest BCUT2D eigenvalue weighted by Crippen LogP contribution is 2.27. The van der Waals surface area contributed by atoms with Crippen LogP contribution in [0.15, 0.2) is 36.7 Å². The SMILES string of the molecule is Cc1c(Cl)cccc1C(N)c1ccncc1F. The first kappa shape index (κ1) is 12.0. The monoisotopic (exact) mass is 250 g/mol. The largest absolute Gasteiger partial charge is 0.320 e. The molecule has 1 heterocycles. The van der Waals surface area contributed by atoms with E-state index < -0.39 is 11.9 Å². The van der Waals surface area contributed by atoms with Gasteiger partial charge in [0.1, 0.15) is 5.82 Å². The van der Waals surface area contributed by atoms with Crippen molar-refractivity contribution in [3.05, 3.63) is 64.2 Å². The predicted octanol–water partition coefficient (Wildman–Crippen LogP) is 3.23. The molecule has 2 nitrogen and oxygen atoms in total. The number of halogens is 2. The summed E-state index contributed by atoms with van der Waals surface area (Å²) in [5.41, 5.74) is 8.18. The van der Waals surface area contributed by atoms with Gasteiger partial charge in [0.2, 0.25) is 0 Å². The molecular formula is C13H12ClFN2. The van der Waals surface area contributed by atoms with Crippen molar-refractivity contribution in [2.24, 2.45) is 5.73 Å². The normalized spacial score (nSPS) is 12.5. The zero-order valence-corrected chi connectivity index (χ0v) is 10.1. The van der Waals surface area contributed by atoms with E-state index in [0.29, 0.717) is 10.6 Å². The first-order valence-electron chi connectivity index (χ1n) is 5.21. The Balaban J connectivity index is 2.48. The third kappa shape index (κ3) is 2.30. The summed E-state index contributed by atoms with van der Waals surface area (Å²) < 4.78 is 13.6. The van der Waals surface area contributed by atoms with Gasteiger partial charge in [0.25, 0.3) is 0 Å². The summed E-state index contributed by atoms with van der Waals surface area (Å²) in [4.78, 5) is 3.70. The molecule has 1 aromatic carbocycles. The minimum atomic E-state index is -0.531. The van der Waals surface area contributed by atoms with E-state index in [4.69, 9.17) is 17.3 Å². The van der Waals surface area contributed by atoms with Crippen molar-refractivity contribution in [3.8, 4) is 0 Å². The van der Waals surface area contributed by atoms with Crippen molar-refractivity contribution < 1.29 is 4.39 Å². The maximum Gasteiger partial charge on any atom is 0.146 e. The van der Waals surface area contributed by atoms with Crippen molar-refractivity contribution >= 4 is 11.6 Å². The molecular weight excluding hydrogens is 239 g/mol. The highest BCUT2D eigenvalue weighted by molar-refractivity contribution is 6.31. The molecule has 0 aliphatic rings. The van der Waals surface area contributed by atoms with E-state index in [1.165, 1.54) is 6.20 Å². The van der Waals surface area contributed by atoms with Crippen LogP contribution in [0, 0.1) is 12.7 Å². The van der Waals surface area contributed by atoms with Gasteiger partial charge in [0.15, 0.2) is 0 Å². The average molecular weight is 251 g/mol. The fourth-order valence-electron chi connectivity index (χ4n) is 1.77. The van der Waals surface area contributed by atoms with Crippen molar-refractivity contribution in [2.75, 3.05) is 0 Å². The van der Waals surface area contributed by atoms with Crippen molar-refractivity contribution in [2.45, 2.75) is 13.0 Å². The van der Waals surface area contributed by atoms with Gasteiger partial charge in [-0.15, -0.1) is 0 Å². The summed E-state index contributed by atoms with van der Waals surface area (Å²) in [7, 11) is 0. The maximum absolute atomic E-state index is 13.6. The summed E-state index contributed by atoms with van der Waals surface area (Å²) >= 11 is 6.02. The number of pyridine rings is 1. The molecule has 0 spiro atoms. The molecule has 17 heavy (non-hydrogen) atoms. The lowest BCUT2D eigenvalue weighted by Crippen LogP contribution is -2.15. The first-order chi connectivity index (χ1) is 8.11. The van der Waals surface area contributed by atoms with Gasteiger partial charge in [-0.2, -0.15) is 0 Å². The quantitative estimate of drug-likeness (QED) is 0.889. The summed E-state index contributed by atoms with van der Waals surface area (Å²) in [5.74, 6) is -0.403. The highest BCUT2D eigenvalue weighted by atomic mass is 35.5. The third-order valence-corrected chi connectivity index (χ3v) is 3.19. The molecule has 0 bridgehead atoms. The molecule has 2 rings (SSSR count). The lowest BCUT2D eigenvalue weighted by Gasteiger charge is -2.16. The second-order valence-corrected chi connectivity index (χ2v) is 4.24. The number of hydrogen-bond acceptors (Lipinski definition) is 2.